The standard InChI is InChI=1S/C24H29N5O3/c1-18-26-23(27-32-18)17-31-22-6-4-3-5-21(22)24(30)25-15-19-7-9-20(10-8-19)16-29-13-11-28(2)12-14-29/h3-10H,11-17H2,1-2H3,(H,25,30). The van der Waals surface area contributed by atoms with Gasteiger partial charge in [-0.1, -0.05) is 41.6 Å². The molecule has 8 heteroatoms. The minimum absolute atomic E-state index is 0.135. The third kappa shape index (κ3) is 5.93. The molecule has 1 aromatic heterocycles. The van der Waals surface area contributed by atoms with Crippen molar-refractivity contribution < 1.29 is 14.1 Å². The van der Waals surface area contributed by atoms with E-state index in [9.17, 15) is 4.79 Å². The van der Waals surface area contributed by atoms with Gasteiger partial charge in [-0.05, 0) is 30.3 Å². The second-order valence-electron chi connectivity index (χ2n) is 8.09. The molecule has 1 aliphatic heterocycles. The number of carbonyl (C=O) groups excluding carboxylic acids is 1. The van der Waals surface area contributed by atoms with E-state index in [4.69, 9.17) is 9.26 Å². The Kier molecular flexibility index (Phi) is 7.14. The molecule has 1 aliphatic rings. The van der Waals surface area contributed by atoms with Crippen LogP contribution in [0, 0.1) is 6.92 Å². The van der Waals surface area contributed by atoms with Crippen molar-refractivity contribution >= 4 is 5.91 Å². The van der Waals surface area contributed by atoms with Gasteiger partial charge in [0.05, 0.1) is 5.56 Å². The van der Waals surface area contributed by atoms with Crippen molar-refractivity contribution in [3.8, 4) is 5.75 Å². The number of piperazine rings is 1. The summed E-state index contributed by atoms with van der Waals surface area (Å²) >= 11 is 0. The second-order valence-corrected chi connectivity index (χ2v) is 8.09. The van der Waals surface area contributed by atoms with Crippen molar-refractivity contribution in [3.63, 3.8) is 0 Å². The quantitative estimate of drug-likeness (QED) is 0.582. The number of aromatic nitrogens is 2. The van der Waals surface area contributed by atoms with E-state index in [0.717, 1.165) is 38.3 Å². The number of nitrogens with one attached hydrogen (secondary N) is 1. The molecule has 2 heterocycles. The minimum Gasteiger partial charge on any atom is -0.485 e. The summed E-state index contributed by atoms with van der Waals surface area (Å²) in [4.78, 5) is 21.7. The summed E-state index contributed by atoms with van der Waals surface area (Å²) in [5.74, 6) is 1.21. The van der Waals surface area contributed by atoms with Gasteiger partial charge < -0.3 is 19.5 Å². The summed E-state index contributed by atoms with van der Waals surface area (Å²) in [6.07, 6.45) is 0. The maximum Gasteiger partial charge on any atom is 0.255 e. The number of amides is 1. The molecular formula is C24H29N5O3. The van der Waals surface area contributed by atoms with Crippen molar-refractivity contribution in [2.45, 2.75) is 26.6 Å². The molecule has 1 amide bonds. The lowest BCUT2D eigenvalue weighted by atomic mass is 10.1. The van der Waals surface area contributed by atoms with Gasteiger partial charge in [-0.25, -0.2) is 0 Å². The van der Waals surface area contributed by atoms with Gasteiger partial charge in [-0.3, -0.25) is 9.69 Å². The smallest absolute Gasteiger partial charge is 0.255 e. The topological polar surface area (TPSA) is 83.7 Å². The number of likely N-dealkylation sites (N-methyl/N-ethyl adjacent to an activating group) is 1. The number of rotatable bonds is 8. The Hall–Kier alpha value is -3.23. The van der Waals surface area contributed by atoms with Gasteiger partial charge in [0.15, 0.2) is 6.61 Å². The van der Waals surface area contributed by atoms with Crippen LogP contribution in [0.5, 0.6) is 5.75 Å². The molecule has 1 N–H and O–H groups in total. The van der Waals surface area contributed by atoms with Crippen LogP contribution in [0.25, 0.3) is 0 Å². The average Bonchev–Trinajstić information content (AvgIpc) is 3.24. The first-order chi connectivity index (χ1) is 15.6. The highest BCUT2D eigenvalue weighted by Crippen LogP contribution is 2.19. The van der Waals surface area contributed by atoms with Gasteiger partial charge in [-0.2, -0.15) is 4.98 Å². The fraction of sp³-hybridized carbons (Fsp3) is 0.375. The lowest BCUT2D eigenvalue weighted by Gasteiger charge is -2.32. The molecular weight excluding hydrogens is 406 g/mol. The van der Waals surface area contributed by atoms with Gasteiger partial charge in [-0.15, -0.1) is 0 Å². The molecule has 3 aromatic rings. The van der Waals surface area contributed by atoms with Crippen molar-refractivity contribution in [3.05, 3.63) is 76.9 Å². The zero-order valence-electron chi connectivity index (χ0n) is 18.6. The second kappa shape index (κ2) is 10.4. The van der Waals surface area contributed by atoms with E-state index >= 15 is 0 Å². The molecule has 4 rings (SSSR count). The van der Waals surface area contributed by atoms with Crippen LogP contribution in [0.1, 0.15) is 33.2 Å². The number of aryl methyl sites for hydroxylation is 1. The largest absolute Gasteiger partial charge is 0.485 e. The number of hydrogen-bond acceptors (Lipinski definition) is 7. The molecule has 0 radical (unpaired) electrons. The van der Waals surface area contributed by atoms with Crippen LogP contribution >= 0.6 is 0 Å². The molecule has 2 aromatic carbocycles. The highest BCUT2D eigenvalue weighted by molar-refractivity contribution is 5.96. The summed E-state index contributed by atoms with van der Waals surface area (Å²) in [5.41, 5.74) is 2.82. The SMILES string of the molecule is Cc1nc(COc2ccccc2C(=O)NCc2ccc(CN3CCN(C)CC3)cc2)no1. The molecule has 0 bridgehead atoms. The van der Waals surface area contributed by atoms with Gasteiger partial charge in [0.1, 0.15) is 5.75 Å². The fourth-order valence-corrected chi connectivity index (χ4v) is 3.63. The van der Waals surface area contributed by atoms with Crippen LogP contribution in [0.15, 0.2) is 53.1 Å². The van der Waals surface area contributed by atoms with E-state index < -0.39 is 0 Å². The third-order valence-electron chi connectivity index (χ3n) is 5.54. The van der Waals surface area contributed by atoms with Crippen LogP contribution < -0.4 is 10.1 Å². The Morgan fingerprint density at radius 1 is 1.06 bits per heavy atom. The third-order valence-corrected chi connectivity index (χ3v) is 5.54. The Bertz CT molecular complexity index is 1030. The molecule has 0 saturated carbocycles. The van der Waals surface area contributed by atoms with Crippen LogP contribution in [0.3, 0.4) is 0 Å². The molecule has 0 aliphatic carbocycles. The van der Waals surface area contributed by atoms with Crippen molar-refractivity contribution in [2.24, 2.45) is 0 Å². The van der Waals surface area contributed by atoms with Crippen LogP contribution in [-0.2, 0) is 19.7 Å². The summed E-state index contributed by atoms with van der Waals surface area (Å²) in [5, 5.41) is 6.79. The van der Waals surface area contributed by atoms with Crippen LogP contribution in [0.2, 0.25) is 0 Å². The number of benzene rings is 2. The van der Waals surface area contributed by atoms with Crippen LogP contribution in [-0.4, -0.2) is 59.1 Å². The predicted molar refractivity (Wildman–Crippen MR) is 120 cm³/mol. The molecule has 0 atom stereocenters. The Labute approximate surface area is 188 Å². The maximum atomic E-state index is 12.8. The number of nitrogens with zero attached hydrogens (tertiary/aromatic N) is 4. The molecule has 0 spiro atoms. The monoisotopic (exact) mass is 435 g/mol. The molecule has 1 saturated heterocycles. The average molecular weight is 436 g/mol. The van der Waals surface area contributed by atoms with Crippen LogP contribution in [0.4, 0.5) is 0 Å². The van der Waals surface area contributed by atoms with Gasteiger partial charge in [0.2, 0.25) is 11.7 Å². The number of hydrogen-bond donors (Lipinski definition) is 1. The molecule has 32 heavy (non-hydrogen) atoms. The number of carbonyl (C=O) groups is 1. The van der Waals surface area contributed by atoms with Crippen molar-refractivity contribution in [2.75, 3.05) is 33.2 Å². The van der Waals surface area contributed by atoms with Crippen molar-refractivity contribution in [1.82, 2.24) is 25.3 Å². The van der Waals surface area contributed by atoms with E-state index in [1.54, 1.807) is 19.1 Å². The first-order valence-corrected chi connectivity index (χ1v) is 10.8. The molecule has 168 valence electrons. The summed E-state index contributed by atoms with van der Waals surface area (Å²) < 4.78 is 10.7. The lowest BCUT2D eigenvalue weighted by molar-refractivity contribution is 0.0946. The van der Waals surface area contributed by atoms with E-state index in [1.807, 2.05) is 12.1 Å². The van der Waals surface area contributed by atoms with E-state index in [1.165, 1.54) is 5.56 Å². The summed E-state index contributed by atoms with van der Waals surface area (Å²) in [6.45, 7) is 7.70. The molecule has 0 unspecified atom stereocenters. The molecule has 8 nitrogen and oxygen atoms in total. The fourth-order valence-electron chi connectivity index (χ4n) is 3.63. The minimum atomic E-state index is -0.189. The summed E-state index contributed by atoms with van der Waals surface area (Å²) in [6, 6.07) is 15.6. The zero-order valence-corrected chi connectivity index (χ0v) is 18.6. The highest BCUT2D eigenvalue weighted by atomic mass is 16.5. The highest BCUT2D eigenvalue weighted by Gasteiger charge is 2.15. The van der Waals surface area contributed by atoms with Gasteiger partial charge in [0.25, 0.3) is 5.91 Å². The maximum absolute atomic E-state index is 12.8. The van der Waals surface area contributed by atoms with E-state index in [-0.39, 0.29) is 12.5 Å². The molecule has 1 fully saturated rings. The van der Waals surface area contributed by atoms with E-state index in [2.05, 4.69) is 56.6 Å². The normalized spacial score (nSPS) is 14.9. The van der Waals surface area contributed by atoms with Gasteiger partial charge >= 0.3 is 0 Å². The number of para-hydroxylation sites is 1. The van der Waals surface area contributed by atoms with E-state index in [0.29, 0.717) is 29.6 Å². The Morgan fingerprint density at radius 2 is 1.78 bits per heavy atom. The first kappa shape index (κ1) is 22.0. The first-order valence-electron chi connectivity index (χ1n) is 10.8. The predicted octanol–water partition coefficient (Wildman–Crippen LogP) is 2.63. The summed E-state index contributed by atoms with van der Waals surface area (Å²) in [7, 11) is 2.17. The Balaban J connectivity index is 1.30. The lowest BCUT2D eigenvalue weighted by Crippen LogP contribution is -2.43. The van der Waals surface area contributed by atoms with Gasteiger partial charge in [0, 0.05) is 46.2 Å². The Morgan fingerprint density at radius 3 is 2.50 bits per heavy atom. The zero-order chi connectivity index (χ0) is 22.3. The van der Waals surface area contributed by atoms with Crippen molar-refractivity contribution in [1.29, 1.82) is 0 Å². The number of ether oxygens (including phenoxy) is 1.